The third kappa shape index (κ3) is 3.86. The van der Waals surface area contributed by atoms with Crippen molar-refractivity contribution in [2.24, 2.45) is 5.92 Å². The van der Waals surface area contributed by atoms with Gasteiger partial charge in [0.1, 0.15) is 11.6 Å². The zero-order valence-corrected chi connectivity index (χ0v) is 17.7. The second-order valence-electron chi connectivity index (χ2n) is 8.32. The molecular formula is C24H24FN3O4. The standard InChI is InChI=1S/C24H24FN3O4/c1-26-23(30)20-18-10-17(13-2-3-13)19(11-27-22(29)15-8-9-31-12-15)28-24(18)32-21(20)14-4-6-16(25)7-5-14/h4-7,10,13,15H,2-3,8-9,11-12H2,1H3,(H,26,30)(H,27,29). The van der Waals surface area contributed by atoms with Crippen molar-refractivity contribution in [3.8, 4) is 11.3 Å². The van der Waals surface area contributed by atoms with Crippen LogP contribution in [0.5, 0.6) is 0 Å². The molecule has 2 amide bonds. The van der Waals surface area contributed by atoms with E-state index in [2.05, 4.69) is 10.6 Å². The van der Waals surface area contributed by atoms with Gasteiger partial charge in [-0.15, -0.1) is 0 Å². The number of amides is 2. The second-order valence-corrected chi connectivity index (χ2v) is 8.32. The Bertz CT molecular complexity index is 1180. The fourth-order valence-electron chi connectivity index (χ4n) is 4.18. The summed E-state index contributed by atoms with van der Waals surface area (Å²) in [6, 6.07) is 7.76. The highest BCUT2D eigenvalue weighted by Crippen LogP contribution is 2.44. The highest BCUT2D eigenvalue weighted by molar-refractivity contribution is 6.10. The van der Waals surface area contributed by atoms with E-state index in [1.54, 1.807) is 19.2 Å². The Hall–Kier alpha value is -3.26. The van der Waals surface area contributed by atoms with Crippen LogP contribution < -0.4 is 10.6 Å². The molecule has 5 rings (SSSR count). The maximum absolute atomic E-state index is 13.4. The number of furan rings is 1. The number of ether oxygens (including phenoxy) is 1. The number of nitrogens with one attached hydrogen (secondary N) is 2. The third-order valence-electron chi connectivity index (χ3n) is 6.10. The summed E-state index contributed by atoms with van der Waals surface area (Å²) in [5.74, 6) is -0.131. The van der Waals surface area contributed by atoms with Gasteiger partial charge in [-0.05, 0) is 61.1 Å². The van der Waals surface area contributed by atoms with E-state index in [9.17, 15) is 14.0 Å². The van der Waals surface area contributed by atoms with Gasteiger partial charge in [0.25, 0.3) is 5.91 Å². The van der Waals surface area contributed by atoms with Crippen molar-refractivity contribution in [2.45, 2.75) is 31.7 Å². The lowest BCUT2D eigenvalue weighted by atomic mass is 10.0. The number of aromatic nitrogens is 1. The number of hydrogen-bond donors (Lipinski definition) is 2. The third-order valence-corrected chi connectivity index (χ3v) is 6.10. The second kappa shape index (κ2) is 8.35. The van der Waals surface area contributed by atoms with Gasteiger partial charge in [0.15, 0.2) is 0 Å². The van der Waals surface area contributed by atoms with Crippen LogP contribution in [0.25, 0.3) is 22.4 Å². The highest BCUT2D eigenvalue weighted by Gasteiger charge is 2.31. The van der Waals surface area contributed by atoms with Crippen LogP contribution in [0.2, 0.25) is 0 Å². The lowest BCUT2D eigenvalue weighted by molar-refractivity contribution is -0.125. The predicted molar refractivity (Wildman–Crippen MR) is 116 cm³/mol. The van der Waals surface area contributed by atoms with E-state index in [0.717, 1.165) is 30.5 Å². The van der Waals surface area contributed by atoms with Crippen molar-refractivity contribution < 1.29 is 23.1 Å². The lowest BCUT2D eigenvalue weighted by Crippen LogP contribution is -2.31. The van der Waals surface area contributed by atoms with Crippen LogP contribution in [-0.4, -0.2) is 37.1 Å². The molecule has 8 heteroatoms. The quantitative estimate of drug-likeness (QED) is 0.616. The van der Waals surface area contributed by atoms with Crippen molar-refractivity contribution >= 4 is 22.9 Å². The maximum atomic E-state index is 13.4. The van der Waals surface area contributed by atoms with Gasteiger partial charge in [-0.2, -0.15) is 0 Å². The highest BCUT2D eigenvalue weighted by atomic mass is 19.1. The number of nitrogens with zero attached hydrogens (tertiary/aromatic N) is 1. The first-order chi connectivity index (χ1) is 15.5. The molecule has 2 fully saturated rings. The molecule has 2 aliphatic rings. The number of rotatable bonds is 6. The van der Waals surface area contributed by atoms with Gasteiger partial charge >= 0.3 is 0 Å². The molecule has 0 spiro atoms. The number of fused-ring (bicyclic) bond motifs is 1. The molecule has 1 aromatic carbocycles. The minimum Gasteiger partial charge on any atom is -0.437 e. The summed E-state index contributed by atoms with van der Waals surface area (Å²) in [5.41, 5.74) is 3.06. The van der Waals surface area contributed by atoms with Crippen molar-refractivity contribution in [2.75, 3.05) is 20.3 Å². The molecule has 2 aromatic heterocycles. The zero-order chi connectivity index (χ0) is 22.2. The molecule has 3 aromatic rings. The predicted octanol–water partition coefficient (Wildman–Crippen LogP) is 3.52. The first kappa shape index (κ1) is 20.6. The fraction of sp³-hybridized carbons (Fsp3) is 0.375. The number of carbonyl (C=O) groups excluding carboxylic acids is 2. The van der Waals surface area contributed by atoms with Gasteiger partial charge in [-0.25, -0.2) is 9.37 Å². The number of hydrogen-bond acceptors (Lipinski definition) is 5. The van der Waals surface area contributed by atoms with E-state index in [1.807, 2.05) is 6.07 Å². The average molecular weight is 437 g/mol. The summed E-state index contributed by atoms with van der Waals surface area (Å²) < 4.78 is 24.8. The van der Waals surface area contributed by atoms with Crippen LogP contribution in [0.1, 0.15) is 46.8 Å². The Morgan fingerprint density at radius 3 is 2.62 bits per heavy atom. The van der Waals surface area contributed by atoms with Crippen molar-refractivity contribution in [1.82, 2.24) is 15.6 Å². The molecule has 3 heterocycles. The van der Waals surface area contributed by atoms with Crippen LogP contribution in [0.15, 0.2) is 34.7 Å². The van der Waals surface area contributed by atoms with Gasteiger partial charge in [0.2, 0.25) is 11.6 Å². The van der Waals surface area contributed by atoms with E-state index >= 15 is 0 Å². The van der Waals surface area contributed by atoms with E-state index in [1.165, 1.54) is 12.1 Å². The molecule has 166 valence electrons. The Morgan fingerprint density at radius 2 is 1.97 bits per heavy atom. The van der Waals surface area contributed by atoms with Crippen LogP contribution in [0.3, 0.4) is 0 Å². The Labute approximate surface area is 184 Å². The Kier molecular flexibility index (Phi) is 5.38. The van der Waals surface area contributed by atoms with Crippen molar-refractivity contribution in [3.63, 3.8) is 0 Å². The molecule has 1 atom stereocenters. The van der Waals surface area contributed by atoms with E-state index in [4.69, 9.17) is 14.1 Å². The minimum atomic E-state index is -0.369. The normalized spacial score (nSPS) is 18.1. The van der Waals surface area contributed by atoms with Crippen LogP contribution >= 0.6 is 0 Å². The SMILES string of the molecule is CNC(=O)c1c(-c2ccc(F)cc2)oc2nc(CNC(=O)C3CCOC3)c(C3CC3)cc12. The Morgan fingerprint density at radius 1 is 1.19 bits per heavy atom. The summed E-state index contributed by atoms with van der Waals surface area (Å²) in [6.45, 7) is 1.35. The monoisotopic (exact) mass is 437 g/mol. The molecule has 1 saturated carbocycles. The van der Waals surface area contributed by atoms with E-state index in [-0.39, 0.29) is 23.5 Å². The molecule has 7 nitrogen and oxygen atoms in total. The van der Waals surface area contributed by atoms with Gasteiger partial charge in [0.05, 0.1) is 35.7 Å². The molecular weight excluding hydrogens is 413 g/mol. The largest absolute Gasteiger partial charge is 0.437 e. The number of benzene rings is 1. The molecule has 1 saturated heterocycles. The lowest BCUT2D eigenvalue weighted by Gasteiger charge is -2.12. The van der Waals surface area contributed by atoms with E-state index < -0.39 is 0 Å². The van der Waals surface area contributed by atoms with Gasteiger partial charge < -0.3 is 19.8 Å². The molecule has 1 aliphatic heterocycles. The first-order valence-electron chi connectivity index (χ1n) is 10.8. The molecule has 0 bridgehead atoms. The van der Waals surface area contributed by atoms with Crippen molar-refractivity contribution in [1.29, 1.82) is 0 Å². The average Bonchev–Trinajstić information content (AvgIpc) is 3.36. The summed E-state index contributed by atoms with van der Waals surface area (Å²) in [4.78, 5) is 29.9. The summed E-state index contributed by atoms with van der Waals surface area (Å²) >= 11 is 0. The Balaban J connectivity index is 1.55. The van der Waals surface area contributed by atoms with Gasteiger partial charge in [0, 0.05) is 19.2 Å². The minimum absolute atomic E-state index is 0.0383. The molecule has 1 aliphatic carbocycles. The smallest absolute Gasteiger partial charge is 0.255 e. The number of pyridine rings is 1. The topological polar surface area (TPSA) is 93.5 Å². The first-order valence-corrected chi connectivity index (χ1v) is 10.8. The summed E-state index contributed by atoms with van der Waals surface area (Å²) in [6.07, 6.45) is 2.81. The summed E-state index contributed by atoms with van der Waals surface area (Å²) in [7, 11) is 1.56. The number of carbonyl (C=O) groups is 2. The van der Waals surface area contributed by atoms with Gasteiger partial charge in [-0.3, -0.25) is 9.59 Å². The van der Waals surface area contributed by atoms with Crippen LogP contribution in [0, 0.1) is 11.7 Å². The molecule has 32 heavy (non-hydrogen) atoms. The van der Waals surface area contributed by atoms with Crippen molar-refractivity contribution in [3.05, 3.63) is 53.0 Å². The van der Waals surface area contributed by atoms with E-state index in [0.29, 0.717) is 53.7 Å². The molecule has 0 radical (unpaired) electrons. The fourth-order valence-corrected chi connectivity index (χ4v) is 4.18. The maximum Gasteiger partial charge on any atom is 0.255 e. The van der Waals surface area contributed by atoms with Crippen LogP contribution in [-0.2, 0) is 16.1 Å². The molecule has 1 unspecified atom stereocenters. The van der Waals surface area contributed by atoms with Gasteiger partial charge in [-0.1, -0.05) is 0 Å². The number of halogens is 1. The summed E-state index contributed by atoms with van der Waals surface area (Å²) in [5, 5.41) is 6.26. The molecule has 2 N–H and O–H groups in total. The van der Waals surface area contributed by atoms with Crippen LogP contribution in [0.4, 0.5) is 4.39 Å². The zero-order valence-electron chi connectivity index (χ0n) is 17.7.